The van der Waals surface area contributed by atoms with Gasteiger partial charge in [-0.05, 0) is 110 Å². The average molecular weight is 696 g/mol. The van der Waals surface area contributed by atoms with Gasteiger partial charge in [0.15, 0.2) is 5.60 Å². The third kappa shape index (κ3) is 6.52. The largest absolute Gasteiger partial charge is 0.455 e. The highest BCUT2D eigenvalue weighted by atomic mass is 32.2. The molecule has 3 unspecified atom stereocenters. The molecule has 5 rings (SSSR count). The number of amides is 3. The molecule has 1 aromatic rings. The van der Waals surface area contributed by atoms with Crippen LogP contribution in [0.4, 0.5) is 10.5 Å². The Kier molecular flexibility index (Phi) is 10.4. The van der Waals surface area contributed by atoms with Crippen molar-refractivity contribution in [1.82, 2.24) is 10.2 Å². The van der Waals surface area contributed by atoms with E-state index in [0.29, 0.717) is 42.6 Å². The Morgan fingerprint density at radius 3 is 2.61 bits per heavy atom. The number of aliphatic hydroxyl groups excluding tert-OH is 2. The number of primary amides is 1. The normalized spacial score (nSPS) is 34.2. The molecule has 0 spiro atoms. The Morgan fingerprint density at radius 2 is 1.96 bits per heavy atom. The molecule has 0 radical (unpaired) electrons. The molecular weight excluding hydrogens is 646 g/mol. The number of hydrogen-bond acceptors (Lipinski definition) is 10. The first-order valence-corrected chi connectivity index (χ1v) is 17.8. The molecule has 13 heteroatoms. The van der Waals surface area contributed by atoms with Gasteiger partial charge in [-0.15, -0.1) is 0 Å². The van der Waals surface area contributed by atoms with Crippen LogP contribution < -0.4 is 16.8 Å². The molecule has 1 aromatic carbocycles. The second kappa shape index (κ2) is 13.9. The van der Waals surface area contributed by atoms with Gasteiger partial charge in [-0.25, -0.2) is 4.99 Å². The van der Waals surface area contributed by atoms with Crippen molar-refractivity contribution in [1.29, 1.82) is 0 Å². The number of esters is 1. The number of hydrogen-bond donors (Lipinski definition) is 5. The maximum Gasteiger partial charge on any atom is 0.306 e. The van der Waals surface area contributed by atoms with Crippen LogP contribution in [0.25, 0.3) is 0 Å². The lowest BCUT2D eigenvalue weighted by Crippen LogP contribution is -2.63. The van der Waals surface area contributed by atoms with E-state index in [9.17, 15) is 29.4 Å². The van der Waals surface area contributed by atoms with Crippen molar-refractivity contribution in [3.63, 3.8) is 0 Å². The Hall–Kier alpha value is -3.68. The summed E-state index contributed by atoms with van der Waals surface area (Å²) in [4.78, 5) is 55.5. The number of ether oxygens (including phenoxy) is 1. The molecule has 3 fully saturated rings. The molecule has 0 saturated heterocycles. The van der Waals surface area contributed by atoms with Gasteiger partial charge in [0.05, 0.1) is 24.0 Å². The van der Waals surface area contributed by atoms with E-state index in [-0.39, 0.29) is 36.0 Å². The number of thioether (sulfide) groups is 1. The van der Waals surface area contributed by atoms with Crippen LogP contribution in [0.1, 0.15) is 76.1 Å². The highest BCUT2D eigenvalue weighted by Gasteiger charge is 2.70. The molecule has 12 nitrogen and oxygen atoms in total. The highest BCUT2D eigenvalue weighted by molar-refractivity contribution is 8.13. The van der Waals surface area contributed by atoms with Crippen LogP contribution in [0, 0.1) is 28.6 Å². The molecule has 7 N–H and O–H groups in total. The molecule has 49 heavy (non-hydrogen) atoms. The van der Waals surface area contributed by atoms with E-state index < -0.39 is 45.8 Å². The van der Waals surface area contributed by atoms with Gasteiger partial charge >= 0.3 is 5.97 Å². The Bertz CT molecular complexity index is 1610. The van der Waals surface area contributed by atoms with Crippen molar-refractivity contribution < 1.29 is 34.1 Å². The standard InChI is InChI=1S/C36H49N5O7S/c1-6-29(44)48-36(32(46)49-33(47)41(4)5)13-12-25-24-11-10-22-15-26(40-23-9-7-8-20(14-23)31(45)39-19-28(38)43)21(18-37)16-34(22,2)30(24)27(42)17-35(25,36)3/h7-9,14-15,18,24-25,27,30,32,42,46H,6,10-13,16-17,19,37H2,1-5H3,(H2,38,43)(H,39,45)/t24-,25?,27-,30?,32?,34-,35-,36-/m0/s1. The summed E-state index contributed by atoms with van der Waals surface area (Å²) >= 11 is 0.768. The fourth-order valence-electron chi connectivity index (χ4n) is 9.28. The van der Waals surface area contributed by atoms with E-state index in [0.717, 1.165) is 30.2 Å². The molecule has 8 atom stereocenters. The second-order valence-electron chi connectivity index (χ2n) is 14.6. The zero-order valence-corrected chi connectivity index (χ0v) is 29.7. The number of allylic oxidation sites excluding steroid dienone is 3. The third-order valence-electron chi connectivity index (χ3n) is 11.6. The van der Waals surface area contributed by atoms with Crippen molar-refractivity contribution in [2.45, 2.75) is 82.9 Å². The van der Waals surface area contributed by atoms with Gasteiger partial charge in [0.25, 0.3) is 11.1 Å². The van der Waals surface area contributed by atoms with Gasteiger partial charge in [-0.1, -0.05) is 32.4 Å². The lowest BCUT2D eigenvalue weighted by atomic mass is 9.45. The monoisotopic (exact) mass is 695 g/mol. The highest BCUT2D eigenvalue weighted by Crippen LogP contribution is 2.69. The zero-order chi connectivity index (χ0) is 35.9. The molecule has 4 aliphatic rings. The SMILES string of the molecule is CCC(=O)O[C@]1(C(O)SC(=O)N(C)C)CCC2[C@@H]3CCC4=CC(=Nc5cccc(C(=O)NCC(N)=O)c5)C(=CN)C[C@]4(C)C3[C@@H](O)C[C@@]21C. The van der Waals surface area contributed by atoms with Crippen molar-refractivity contribution >= 4 is 46.2 Å². The van der Waals surface area contributed by atoms with E-state index >= 15 is 0 Å². The van der Waals surface area contributed by atoms with Crippen LogP contribution in [0.5, 0.6) is 0 Å². The number of aliphatic imine (C=N–C) groups is 1. The minimum Gasteiger partial charge on any atom is -0.455 e. The number of carbonyl (C=O) groups excluding carboxylic acids is 4. The molecule has 0 heterocycles. The molecule has 0 bridgehead atoms. The summed E-state index contributed by atoms with van der Waals surface area (Å²) in [5.41, 5.74) is 11.1. The van der Waals surface area contributed by atoms with Crippen LogP contribution in [0.2, 0.25) is 0 Å². The minimum atomic E-state index is -1.33. The van der Waals surface area contributed by atoms with E-state index in [4.69, 9.17) is 21.2 Å². The van der Waals surface area contributed by atoms with E-state index in [1.807, 2.05) is 6.92 Å². The number of nitrogens with one attached hydrogen (secondary N) is 1. The maximum atomic E-state index is 12.9. The summed E-state index contributed by atoms with van der Waals surface area (Å²) in [5, 5.41) is 26.0. The molecule has 4 aliphatic carbocycles. The number of aliphatic hydroxyl groups is 2. The van der Waals surface area contributed by atoms with Gasteiger partial charge in [0, 0.05) is 31.5 Å². The number of carbonyl (C=O) groups is 4. The van der Waals surface area contributed by atoms with Crippen LogP contribution >= 0.6 is 11.8 Å². The van der Waals surface area contributed by atoms with Gasteiger partial charge in [-0.2, -0.15) is 0 Å². The van der Waals surface area contributed by atoms with Crippen molar-refractivity contribution in [2.75, 3.05) is 20.6 Å². The predicted molar refractivity (Wildman–Crippen MR) is 188 cm³/mol. The summed E-state index contributed by atoms with van der Waals surface area (Å²) in [5.74, 6) is -1.51. The van der Waals surface area contributed by atoms with Crippen LogP contribution in [0.15, 0.2) is 52.7 Å². The molecular formula is C36H49N5O7S. The quantitative estimate of drug-likeness (QED) is 0.198. The first-order valence-electron chi connectivity index (χ1n) is 16.9. The Labute approximate surface area is 291 Å². The van der Waals surface area contributed by atoms with Crippen molar-refractivity contribution in [2.24, 2.45) is 45.0 Å². The summed E-state index contributed by atoms with van der Waals surface area (Å²) in [6, 6.07) is 6.78. The topological polar surface area (TPSA) is 198 Å². The Morgan fingerprint density at radius 1 is 1.22 bits per heavy atom. The third-order valence-corrected chi connectivity index (χ3v) is 12.8. The molecule has 0 aromatic heterocycles. The van der Waals surface area contributed by atoms with Gasteiger partial charge in [0.2, 0.25) is 5.91 Å². The average Bonchev–Trinajstić information content (AvgIpc) is 3.34. The summed E-state index contributed by atoms with van der Waals surface area (Å²) in [7, 11) is 3.23. The number of nitrogens with two attached hydrogens (primary N) is 2. The summed E-state index contributed by atoms with van der Waals surface area (Å²) in [6.45, 7) is 5.64. The zero-order valence-electron chi connectivity index (χ0n) is 28.9. The van der Waals surface area contributed by atoms with Crippen molar-refractivity contribution in [3.05, 3.63) is 53.3 Å². The number of rotatable bonds is 8. The Balaban J connectivity index is 1.47. The fraction of sp³-hybridized carbons (Fsp3) is 0.583. The van der Waals surface area contributed by atoms with Gasteiger partial charge in [0.1, 0.15) is 5.44 Å². The van der Waals surface area contributed by atoms with Crippen LogP contribution in [0.3, 0.4) is 0 Å². The first-order chi connectivity index (χ1) is 23.1. The van der Waals surface area contributed by atoms with Gasteiger partial charge < -0.3 is 36.6 Å². The molecule has 3 saturated carbocycles. The van der Waals surface area contributed by atoms with E-state index in [1.54, 1.807) is 51.5 Å². The minimum absolute atomic E-state index is 0.0393. The van der Waals surface area contributed by atoms with Gasteiger partial charge in [-0.3, -0.25) is 19.2 Å². The molecule has 3 amide bonds. The molecule has 266 valence electrons. The van der Waals surface area contributed by atoms with Crippen molar-refractivity contribution in [3.8, 4) is 0 Å². The maximum absolute atomic E-state index is 12.9. The van der Waals surface area contributed by atoms with Crippen LogP contribution in [-0.2, 0) is 14.3 Å². The van der Waals surface area contributed by atoms with Crippen LogP contribution in [-0.4, -0.2) is 81.6 Å². The predicted octanol–water partition coefficient (Wildman–Crippen LogP) is 3.79. The fourth-order valence-corrected chi connectivity index (χ4v) is 10.3. The smallest absolute Gasteiger partial charge is 0.306 e. The first kappa shape index (κ1) is 36.6. The number of nitrogens with zero attached hydrogens (tertiary/aromatic N) is 2. The van der Waals surface area contributed by atoms with E-state index in [2.05, 4.69) is 18.3 Å². The van der Waals surface area contributed by atoms with E-state index in [1.165, 1.54) is 10.5 Å². The molecule has 0 aliphatic heterocycles. The lowest BCUT2D eigenvalue weighted by Gasteiger charge is -2.61. The summed E-state index contributed by atoms with van der Waals surface area (Å²) < 4.78 is 6.19. The lowest BCUT2D eigenvalue weighted by molar-refractivity contribution is -0.211. The number of fused-ring (bicyclic) bond motifs is 5. The second-order valence-corrected chi connectivity index (χ2v) is 15.6. The summed E-state index contributed by atoms with van der Waals surface area (Å²) in [6.07, 6.45) is 6.50. The number of benzene rings is 1.